The molecule has 0 unspecified atom stereocenters. The van der Waals surface area contributed by atoms with Crippen molar-refractivity contribution in [3.8, 4) is 11.5 Å². The Balaban J connectivity index is 2.93. The first kappa shape index (κ1) is 15.3. The maximum atomic E-state index is 5.76. The molecule has 1 rings (SSSR count). The molecule has 0 aromatic heterocycles. The van der Waals surface area contributed by atoms with Crippen molar-refractivity contribution in [3.05, 3.63) is 22.2 Å². The van der Waals surface area contributed by atoms with Crippen LogP contribution in [0.3, 0.4) is 0 Å². The van der Waals surface area contributed by atoms with Gasteiger partial charge in [-0.1, -0.05) is 13.8 Å². The molecule has 0 atom stereocenters. The van der Waals surface area contributed by atoms with Crippen LogP contribution in [0, 0.1) is 0 Å². The molecule has 18 heavy (non-hydrogen) atoms. The van der Waals surface area contributed by atoms with E-state index in [-0.39, 0.29) is 0 Å². The molecule has 0 spiro atoms. The molecule has 2 N–H and O–H groups in total. The lowest BCUT2D eigenvalue weighted by molar-refractivity contribution is 0.298. The van der Waals surface area contributed by atoms with Crippen LogP contribution in [-0.2, 0) is 6.42 Å². The van der Waals surface area contributed by atoms with E-state index in [2.05, 4.69) is 29.8 Å². The number of halogens is 1. The third-order valence-corrected chi connectivity index (χ3v) is 3.07. The number of hydrogen-bond acceptors (Lipinski definition) is 3. The second-order valence-corrected chi connectivity index (χ2v) is 4.98. The van der Waals surface area contributed by atoms with Crippen LogP contribution < -0.4 is 15.2 Å². The summed E-state index contributed by atoms with van der Waals surface area (Å²) in [4.78, 5) is 0. The van der Waals surface area contributed by atoms with Crippen LogP contribution in [0.2, 0.25) is 0 Å². The van der Waals surface area contributed by atoms with Gasteiger partial charge in [-0.25, -0.2) is 0 Å². The molecule has 0 amide bonds. The lowest BCUT2D eigenvalue weighted by Crippen LogP contribution is -2.07. The van der Waals surface area contributed by atoms with E-state index in [0.29, 0.717) is 19.8 Å². The van der Waals surface area contributed by atoms with Gasteiger partial charge < -0.3 is 15.2 Å². The summed E-state index contributed by atoms with van der Waals surface area (Å²) in [6.45, 7) is 6.22. The van der Waals surface area contributed by atoms with E-state index in [1.165, 1.54) is 0 Å². The maximum Gasteiger partial charge on any atom is 0.137 e. The summed E-state index contributed by atoms with van der Waals surface area (Å²) >= 11 is 3.53. The quantitative estimate of drug-likeness (QED) is 0.798. The maximum absolute atomic E-state index is 5.76. The molecule has 0 saturated heterocycles. The summed E-state index contributed by atoms with van der Waals surface area (Å²) in [5.74, 6) is 1.72. The fourth-order valence-corrected chi connectivity index (χ4v) is 2.10. The zero-order valence-corrected chi connectivity index (χ0v) is 12.8. The summed E-state index contributed by atoms with van der Waals surface area (Å²) in [5, 5.41) is 0. The highest BCUT2D eigenvalue weighted by Gasteiger charge is 2.10. The van der Waals surface area contributed by atoms with Crippen molar-refractivity contribution in [2.24, 2.45) is 5.73 Å². The minimum atomic E-state index is 0.615. The Kier molecular flexibility index (Phi) is 7.13. The second kappa shape index (κ2) is 8.38. The zero-order valence-electron chi connectivity index (χ0n) is 11.2. The van der Waals surface area contributed by atoms with Gasteiger partial charge in [-0.2, -0.15) is 0 Å². The summed E-state index contributed by atoms with van der Waals surface area (Å²) in [5.41, 5.74) is 6.75. The number of nitrogens with two attached hydrogens (primary N) is 1. The van der Waals surface area contributed by atoms with Crippen molar-refractivity contribution in [3.63, 3.8) is 0 Å². The van der Waals surface area contributed by atoms with Crippen molar-refractivity contribution in [1.29, 1.82) is 0 Å². The molecule has 0 bridgehead atoms. The smallest absolute Gasteiger partial charge is 0.137 e. The first-order valence-corrected chi connectivity index (χ1v) is 7.30. The minimum Gasteiger partial charge on any atom is -0.493 e. The minimum absolute atomic E-state index is 0.615. The first-order valence-electron chi connectivity index (χ1n) is 6.51. The molecule has 0 saturated carbocycles. The van der Waals surface area contributed by atoms with Gasteiger partial charge in [0.1, 0.15) is 11.5 Å². The molecular formula is C14H22BrNO2. The van der Waals surface area contributed by atoms with Crippen molar-refractivity contribution in [2.45, 2.75) is 33.1 Å². The Morgan fingerprint density at radius 1 is 1.06 bits per heavy atom. The molecule has 0 aliphatic heterocycles. The van der Waals surface area contributed by atoms with Gasteiger partial charge in [-0.05, 0) is 53.4 Å². The first-order chi connectivity index (χ1) is 8.72. The van der Waals surface area contributed by atoms with Crippen LogP contribution in [0.25, 0.3) is 0 Å². The molecule has 0 fully saturated rings. The molecule has 1 aromatic carbocycles. The van der Waals surface area contributed by atoms with Crippen LogP contribution in [0.4, 0.5) is 0 Å². The Morgan fingerprint density at radius 3 is 2.22 bits per heavy atom. The second-order valence-electron chi connectivity index (χ2n) is 4.13. The van der Waals surface area contributed by atoms with Gasteiger partial charge in [-0.3, -0.25) is 0 Å². The standard InChI is InChI=1S/C14H22BrNO2/c1-3-7-17-13-10-14(18-8-4-2)12(15)9-11(13)5-6-16/h9-10H,3-8,16H2,1-2H3. The molecule has 3 nitrogen and oxygen atoms in total. The lowest BCUT2D eigenvalue weighted by Gasteiger charge is -2.14. The Labute approximate surface area is 118 Å². The van der Waals surface area contributed by atoms with E-state index in [1.807, 2.05) is 12.1 Å². The van der Waals surface area contributed by atoms with E-state index in [4.69, 9.17) is 15.2 Å². The third kappa shape index (κ3) is 4.50. The van der Waals surface area contributed by atoms with Gasteiger partial charge >= 0.3 is 0 Å². The summed E-state index contributed by atoms with van der Waals surface area (Å²) in [6, 6.07) is 4.00. The molecule has 0 aliphatic carbocycles. The van der Waals surface area contributed by atoms with E-state index in [1.54, 1.807) is 0 Å². The van der Waals surface area contributed by atoms with Gasteiger partial charge in [0, 0.05) is 6.07 Å². The van der Waals surface area contributed by atoms with Crippen LogP contribution in [-0.4, -0.2) is 19.8 Å². The molecular weight excluding hydrogens is 294 g/mol. The number of benzene rings is 1. The molecule has 0 heterocycles. The van der Waals surface area contributed by atoms with Gasteiger partial charge in [0.25, 0.3) is 0 Å². The average molecular weight is 316 g/mol. The predicted octanol–water partition coefficient (Wildman–Crippen LogP) is 3.53. The van der Waals surface area contributed by atoms with Crippen LogP contribution in [0.1, 0.15) is 32.3 Å². The van der Waals surface area contributed by atoms with E-state index < -0.39 is 0 Å². The summed E-state index contributed by atoms with van der Waals surface area (Å²) < 4.78 is 12.4. The predicted molar refractivity (Wildman–Crippen MR) is 78.5 cm³/mol. The highest BCUT2D eigenvalue weighted by molar-refractivity contribution is 9.10. The third-order valence-electron chi connectivity index (χ3n) is 2.45. The van der Waals surface area contributed by atoms with Crippen molar-refractivity contribution >= 4 is 15.9 Å². The molecule has 102 valence electrons. The average Bonchev–Trinajstić information content (AvgIpc) is 2.37. The van der Waals surface area contributed by atoms with Crippen LogP contribution in [0.5, 0.6) is 11.5 Å². The van der Waals surface area contributed by atoms with E-state index in [0.717, 1.165) is 40.8 Å². The SMILES string of the molecule is CCCOc1cc(OCCC)c(CCN)cc1Br. The Morgan fingerprint density at radius 2 is 1.67 bits per heavy atom. The van der Waals surface area contributed by atoms with E-state index in [9.17, 15) is 0 Å². The normalized spacial score (nSPS) is 10.4. The zero-order chi connectivity index (χ0) is 13.4. The van der Waals surface area contributed by atoms with Gasteiger partial charge in [0.05, 0.1) is 17.7 Å². The van der Waals surface area contributed by atoms with Crippen molar-refractivity contribution < 1.29 is 9.47 Å². The van der Waals surface area contributed by atoms with E-state index >= 15 is 0 Å². The topological polar surface area (TPSA) is 44.5 Å². The molecule has 0 radical (unpaired) electrons. The molecule has 4 heteroatoms. The fraction of sp³-hybridized carbons (Fsp3) is 0.571. The monoisotopic (exact) mass is 315 g/mol. The number of ether oxygens (including phenoxy) is 2. The van der Waals surface area contributed by atoms with Gasteiger partial charge in [0.2, 0.25) is 0 Å². The molecule has 1 aromatic rings. The number of hydrogen-bond donors (Lipinski definition) is 1. The largest absolute Gasteiger partial charge is 0.493 e. The lowest BCUT2D eigenvalue weighted by atomic mass is 10.1. The van der Waals surface area contributed by atoms with Crippen LogP contribution >= 0.6 is 15.9 Å². The Hall–Kier alpha value is -0.740. The van der Waals surface area contributed by atoms with Gasteiger partial charge in [0.15, 0.2) is 0 Å². The van der Waals surface area contributed by atoms with Crippen LogP contribution in [0.15, 0.2) is 16.6 Å². The highest BCUT2D eigenvalue weighted by atomic mass is 79.9. The van der Waals surface area contributed by atoms with Crippen molar-refractivity contribution in [1.82, 2.24) is 0 Å². The van der Waals surface area contributed by atoms with Crippen molar-refractivity contribution in [2.75, 3.05) is 19.8 Å². The highest BCUT2D eigenvalue weighted by Crippen LogP contribution is 2.33. The summed E-state index contributed by atoms with van der Waals surface area (Å²) in [6.07, 6.45) is 2.79. The fourth-order valence-electron chi connectivity index (χ4n) is 1.60. The summed E-state index contributed by atoms with van der Waals surface area (Å²) in [7, 11) is 0. The molecule has 0 aliphatic rings. The Bertz CT molecular complexity index is 369. The van der Waals surface area contributed by atoms with Gasteiger partial charge in [-0.15, -0.1) is 0 Å². The number of rotatable bonds is 8.